The Bertz CT molecular complexity index is 612. The molecule has 0 fully saturated rings. The molecule has 0 saturated carbocycles. The first-order valence-corrected chi connectivity index (χ1v) is 6.19. The lowest BCUT2D eigenvalue weighted by Crippen LogP contribution is -2.11. The SMILES string of the molecule is O=Cc1ccc(OCCc2ccncc2)c(C(F)(F)F)c1. The van der Waals surface area contributed by atoms with Crippen molar-refractivity contribution in [2.45, 2.75) is 12.6 Å². The molecule has 0 saturated heterocycles. The number of benzene rings is 1. The van der Waals surface area contributed by atoms with Gasteiger partial charge in [-0.15, -0.1) is 0 Å². The minimum absolute atomic E-state index is 0.0381. The van der Waals surface area contributed by atoms with Crippen molar-refractivity contribution < 1.29 is 22.7 Å². The molecule has 0 atom stereocenters. The summed E-state index contributed by atoms with van der Waals surface area (Å²) in [7, 11) is 0. The normalized spacial score (nSPS) is 11.2. The van der Waals surface area contributed by atoms with Crippen LogP contribution in [0.4, 0.5) is 13.2 Å². The Hall–Kier alpha value is -2.37. The molecule has 0 spiro atoms. The van der Waals surface area contributed by atoms with Crippen LogP contribution >= 0.6 is 0 Å². The third-order valence-electron chi connectivity index (χ3n) is 2.84. The molecule has 2 rings (SSSR count). The number of hydrogen-bond acceptors (Lipinski definition) is 3. The van der Waals surface area contributed by atoms with Crippen LogP contribution in [0.15, 0.2) is 42.7 Å². The van der Waals surface area contributed by atoms with E-state index in [9.17, 15) is 18.0 Å². The first-order valence-electron chi connectivity index (χ1n) is 6.19. The number of rotatable bonds is 5. The van der Waals surface area contributed by atoms with Crippen molar-refractivity contribution in [1.82, 2.24) is 4.98 Å². The second-order valence-corrected chi connectivity index (χ2v) is 4.33. The molecule has 1 heterocycles. The number of ether oxygens (including phenoxy) is 1. The quantitative estimate of drug-likeness (QED) is 0.792. The number of nitrogens with zero attached hydrogens (tertiary/aromatic N) is 1. The molecule has 0 aliphatic rings. The van der Waals surface area contributed by atoms with Crippen LogP contribution in [0.1, 0.15) is 21.5 Å². The average Bonchev–Trinajstić information content (AvgIpc) is 2.47. The maximum absolute atomic E-state index is 12.9. The fraction of sp³-hybridized carbons (Fsp3) is 0.200. The van der Waals surface area contributed by atoms with Crippen LogP contribution < -0.4 is 4.74 Å². The Morgan fingerprint density at radius 1 is 1.14 bits per heavy atom. The molecule has 1 aromatic carbocycles. The van der Waals surface area contributed by atoms with Crippen molar-refractivity contribution in [2.24, 2.45) is 0 Å². The van der Waals surface area contributed by atoms with Gasteiger partial charge in [0.2, 0.25) is 0 Å². The summed E-state index contributed by atoms with van der Waals surface area (Å²) in [6.07, 6.45) is -0.513. The van der Waals surface area contributed by atoms with Gasteiger partial charge in [0.1, 0.15) is 12.0 Å². The second-order valence-electron chi connectivity index (χ2n) is 4.33. The lowest BCUT2D eigenvalue weighted by molar-refractivity contribution is -0.138. The van der Waals surface area contributed by atoms with Gasteiger partial charge in [-0.05, 0) is 35.9 Å². The van der Waals surface area contributed by atoms with Gasteiger partial charge in [-0.2, -0.15) is 13.2 Å². The van der Waals surface area contributed by atoms with Crippen LogP contribution in [0.3, 0.4) is 0 Å². The monoisotopic (exact) mass is 295 g/mol. The summed E-state index contributed by atoms with van der Waals surface area (Å²) < 4.78 is 43.9. The number of pyridine rings is 1. The van der Waals surface area contributed by atoms with Gasteiger partial charge in [0.15, 0.2) is 0 Å². The second kappa shape index (κ2) is 6.39. The number of hydrogen-bond donors (Lipinski definition) is 0. The molecule has 0 bridgehead atoms. The van der Waals surface area contributed by atoms with Gasteiger partial charge in [0.05, 0.1) is 12.2 Å². The molecule has 6 heteroatoms. The Labute approximate surface area is 119 Å². The van der Waals surface area contributed by atoms with E-state index in [1.165, 1.54) is 12.1 Å². The zero-order valence-corrected chi connectivity index (χ0v) is 10.9. The van der Waals surface area contributed by atoms with E-state index in [4.69, 9.17) is 4.74 Å². The van der Waals surface area contributed by atoms with Gasteiger partial charge < -0.3 is 4.74 Å². The largest absolute Gasteiger partial charge is 0.493 e. The van der Waals surface area contributed by atoms with E-state index in [1.807, 2.05) is 0 Å². The number of carbonyl (C=O) groups is 1. The van der Waals surface area contributed by atoms with Crippen molar-refractivity contribution in [1.29, 1.82) is 0 Å². The predicted octanol–water partition coefficient (Wildman–Crippen LogP) is 3.53. The molecule has 110 valence electrons. The molecule has 0 amide bonds. The summed E-state index contributed by atoms with van der Waals surface area (Å²) in [5.74, 6) is -0.276. The number of alkyl halides is 3. The zero-order valence-electron chi connectivity index (χ0n) is 10.9. The third kappa shape index (κ3) is 4.05. The van der Waals surface area contributed by atoms with Crippen LogP contribution in [0.2, 0.25) is 0 Å². The molecule has 0 aliphatic heterocycles. The molecular formula is C15H12F3NO2. The van der Waals surface area contributed by atoms with E-state index in [0.717, 1.165) is 11.6 Å². The van der Waals surface area contributed by atoms with Crippen LogP contribution in [-0.4, -0.2) is 17.9 Å². The molecular weight excluding hydrogens is 283 g/mol. The molecule has 0 radical (unpaired) electrons. The highest BCUT2D eigenvalue weighted by Gasteiger charge is 2.34. The average molecular weight is 295 g/mol. The predicted molar refractivity (Wildman–Crippen MR) is 70.3 cm³/mol. The standard InChI is InChI=1S/C15H12F3NO2/c16-15(17,18)13-9-12(10-20)1-2-14(13)21-8-5-11-3-6-19-7-4-11/h1-4,6-7,9-10H,5,8H2. The third-order valence-corrected chi connectivity index (χ3v) is 2.84. The van der Waals surface area contributed by atoms with E-state index >= 15 is 0 Å². The van der Waals surface area contributed by atoms with E-state index in [-0.39, 0.29) is 17.9 Å². The van der Waals surface area contributed by atoms with Crippen molar-refractivity contribution in [2.75, 3.05) is 6.61 Å². The van der Waals surface area contributed by atoms with E-state index in [2.05, 4.69) is 4.98 Å². The molecule has 2 aromatic rings. The lowest BCUT2D eigenvalue weighted by Gasteiger charge is -2.14. The van der Waals surface area contributed by atoms with Crippen molar-refractivity contribution in [3.8, 4) is 5.75 Å². The fourth-order valence-corrected chi connectivity index (χ4v) is 1.80. The summed E-state index contributed by atoms with van der Waals surface area (Å²) in [6.45, 7) is 0.105. The van der Waals surface area contributed by atoms with Gasteiger partial charge in [-0.3, -0.25) is 9.78 Å². The Kier molecular flexibility index (Phi) is 4.57. The summed E-state index contributed by atoms with van der Waals surface area (Å²) in [5, 5.41) is 0. The zero-order chi connectivity index (χ0) is 15.3. The Balaban J connectivity index is 2.10. The van der Waals surface area contributed by atoms with Crippen LogP contribution in [-0.2, 0) is 12.6 Å². The van der Waals surface area contributed by atoms with Gasteiger partial charge in [0, 0.05) is 24.4 Å². The Morgan fingerprint density at radius 3 is 2.48 bits per heavy atom. The molecule has 21 heavy (non-hydrogen) atoms. The maximum atomic E-state index is 12.9. The van der Waals surface area contributed by atoms with Gasteiger partial charge in [-0.25, -0.2) is 0 Å². The summed E-state index contributed by atoms with van der Waals surface area (Å²) in [6, 6.07) is 6.78. The smallest absolute Gasteiger partial charge is 0.419 e. The fourth-order valence-electron chi connectivity index (χ4n) is 1.80. The first kappa shape index (κ1) is 15.0. The molecule has 0 N–H and O–H groups in total. The van der Waals surface area contributed by atoms with E-state index < -0.39 is 11.7 Å². The minimum atomic E-state index is -4.56. The molecule has 3 nitrogen and oxygen atoms in total. The number of carbonyl (C=O) groups excluding carboxylic acids is 1. The van der Waals surface area contributed by atoms with Crippen LogP contribution in [0, 0.1) is 0 Å². The molecule has 0 aliphatic carbocycles. The molecule has 0 unspecified atom stereocenters. The highest BCUT2D eigenvalue weighted by Crippen LogP contribution is 2.36. The maximum Gasteiger partial charge on any atom is 0.419 e. The van der Waals surface area contributed by atoms with E-state index in [1.54, 1.807) is 24.5 Å². The topological polar surface area (TPSA) is 39.2 Å². The molecule has 1 aromatic heterocycles. The Morgan fingerprint density at radius 2 is 1.86 bits per heavy atom. The van der Waals surface area contributed by atoms with Gasteiger partial charge in [0.25, 0.3) is 0 Å². The highest BCUT2D eigenvalue weighted by atomic mass is 19.4. The van der Waals surface area contributed by atoms with Crippen molar-refractivity contribution >= 4 is 6.29 Å². The van der Waals surface area contributed by atoms with Gasteiger partial charge >= 0.3 is 6.18 Å². The summed E-state index contributed by atoms with van der Waals surface area (Å²) in [5.41, 5.74) is -0.0614. The summed E-state index contributed by atoms with van der Waals surface area (Å²) in [4.78, 5) is 14.4. The number of aromatic nitrogens is 1. The van der Waals surface area contributed by atoms with Crippen molar-refractivity contribution in [3.05, 3.63) is 59.4 Å². The minimum Gasteiger partial charge on any atom is -0.493 e. The first-order chi connectivity index (χ1) is 10.0. The van der Waals surface area contributed by atoms with Crippen LogP contribution in [0.25, 0.3) is 0 Å². The number of halogens is 3. The highest BCUT2D eigenvalue weighted by molar-refractivity contribution is 5.75. The van der Waals surface area contributed by atoms with E-state index in [0.29, 0.717) is 12.7 Å². The van der Waals surface area contributed by atoms with Gasteiger partial charge in [-0.1, -0.05) is 0 Å². The van der Waals surface area contributed by atoms with Crippen LogP contribution in [0.5, 0.6) is 5.75 Å². The number of aldehydes is 1. The lowest BCUT2D eigenvalue weighted by atomic mass is 10.1. The summed E-state index contributed by atoms with van der Waals surface area (Å²) >= 11 is 0. The van der Waals surface area contributed by atoms with Crippen molar-refractivity contribution in [3.63, 3.8) is 0 Å².